The number of rotatable bonds is 0. The molecule has 1 heterocycles. The van der Waals surface area contributed by atoms with Gasteiger partial charge in [-0.25, -0.2) is 8.42 Å². The van der Waals surface area contributed by atoms with Crippen molar-refractivity contribution < 1.29 is 21.6 Å². The number of benzene rings is 1. The average Bonchev–Trinajstić information content (AvgIpc) is 2.31. The van der Waals surface area contributed by atoms with Crippen molar-refractivity contribution in [3.05, 3.63) is 23.8 Å². The molecule has 0 bridgehead atoms. The van der Waals surface area contributed by atoms with Gasteiger partial charge in [-0.2, -0.15) is 13.2 Å². The van der Waals surface area contributed by atoms with E-state index in [4.69, 9.17) is 0 Å². The van der Waals surface area contributed by atoms with E-state index in [1.54, 1.807) is 13.8 Å². The quantitative estimate of drug-likeness (QED) is 0.800. The lowest BCUT2D eigenvalue weighted by Crippen LogP contribution is -2.28. The summed E-state index contributed by atoms with van der Waals surface area (Å²) in [5, 5.41) is 2.65. The van der Waals surface area contributed by atoms with Crippen LogP contribution in [0, 0.1) is 5.41 Å². The minimum Gasteiger partial charge on any atom is -0.383 e. The van der Waals surface area contributed by atoms with E-state index in [1.807, 2.05) is 0 Å². The summed E-state index contributed by atoms with van der Waals surface area (Å²) in [7, 11) is -3.73. The Balaban J connectivity index is 2.69. The molecule has 1 aliphatic rings. The van der Waals surface area contributed by atoms with Gasteiger partial charge in [0.05, 0.1) is 21.9 Å². The van der Waals surface area contributed by atoms with Gasteiger partial charge in [0.15, 0.2) is 9.84 Å². The number of anilines is 1. The second-order valence-corrected chi connectivity index (χ2v) is 7.41. The van der Waals surface area contributed by atoms with E-state index < -0.39 is 27.0 Å². The van der Waals surface area contributed by atoms with E-state index in [9.17, 15) is 21.6 Å². The Bertz CT molecular complexity index is 606. The molecular weight excluding hydrogens is 279 g/mol. The predicted octanol–water partition coefficient (Wildman–Crippen LogP) is 2.93. The molecule has 2 rings (SSSR count). The van der Waals surface area contributed by atoms with Crippen molar-refractivity contribution in [2.24, 2.45) is 5.41 Å². The van der Waals surface area contributed by atoms with Gasteiger partial charge in [-0.1, -0.05) is 19.9 Å². The number of hydrogen-bond acceptors (Lipinski definition) is 3. The summed E-state index contributed by atoms with van der Waals surface area (Å²) in [4.78, 5) is -0.270. The van der Waals surface area contributed by atoms with Crippen LogP contribution in [0.5, 0.6) is 0 Å². The highest BCUT2D eigenvalue weighted by Crippen LogP contribution is 2.41. The van der Waals surface area contributed by atoms with Gasteiger partial charge in [-0.15, -0.1) is 0 Å². The van der Waals surface area contributed by atoms with Crippen LogP contribution in [0.4, 0.5) is 18.9 Å². The topological polar surface area (TPSA) is 46.2 Å². The molecule has 0 fully saturated rings. The summed E-state index contributed by atoms with van der Waals surface area (Å²) in [5.74, 6) is -0.179. The lowest BCUT2D eigenvalue weighted by Gasteiger charge is -2.21. The van der Waals surface area contributed by atoms with Crippen LogP contribution in [0.15, 0.2) is 23.1 Å². The molecule has 0 spiro atoms. The zero-order valence-corrected chi connectivity index (χ0v) is 11.3. The van der Waals surface area contributed by atoms with Crippen LogP contribution in [-0.4, -0.2) is 20.7 Å². The van der Waals surface area contributed by atoms with Crippen molar-refractivity contribution in [3.63, 3.8) is 0 Å². The molecule has 1 aliphatic heterocycles. The van der Waals surface area contributed by atoms with Crippen LogP contribution >= 0.6 is 0 Å². The summed E-state index contributed by atoms with van der Waals surface area (Å²) in [6, 6.07) is 3.23. The van der Waals surface area contributed by atoms with E-state index in [1.165, 1.54) is 6.07 Å². The zero-order chi connectivity index (χ0) is 14.5. The largest absolute Gasteiger partial charge is 0.418 e. The Morgan fingerprint density at radius 2 is 1.89 bits per heavy atom. The molecule has 0 aliphatic carbocycles. The van der Waals surface area contributed by atoms with Gasteiger partial charge in [0.2, 0.25) is 0 Å². The standard InChI is InChI=1S/C12H14F3NO2S/c1-11(2)6-16-10-8(12(13,14)15)4-3-5-9(10)19(17,18)7-11/h3-5,16H,6-7H2,1-2H3. The molecule has 0 saturated heterocycles. The first-order valence-corrected chi connectivity index (χ1v) is 7.35. The van der Waals surface area contributed by atoms with Gasteiger partial charge < -0.3 is 5.32 Å². The van der Waals surface area contributed by atoms with E-state index in [0.29, 0.717) is 0 Å². The third-order valence-electron chi connectivity index (χ3n) is 2.99. The van der Waals surface area contributed by atoms with Crippen molar-refractivity contribution in [2.45, 2.75) is 24.9 Å². The van der Waals surface area contributed by atoms with Crippen LogP contribution in [-0.2, 0) is 16.0 Å². The van der Waals surface area contributed by atoms with Crippen LogP contribution in [0.2, 0.25) is 0 Å². The van der Waals surface area contributed by atoms with E-state index in [-0.39, 0.29) is 22.9 Å². The maximum absolute atomic E-state index is 12.9. The fourth-order valence-corrected chi connectivity index (χ4v) is 4.25. The number of fused-ring (bicyclic) bond motifs is 1. The number of nitrogens with one attached hydrogen (secondary N) is 1. The Labute approximate surface area is 109 Å². The van der Waals surface area contributed by atoms with Gasteiger partial charge in [-0.05, 0) is 17.5 Å². The Kier molecular flexibility index (Phi) is 3.08. The highest BCUT2D eigenvalue weighted by molar-refractivity contribution is 7.91. The summed E-state index contributed by atoms with van der Waals surface area (Å²) >= 11 is 0. The van der Waals surface area contributed by atoms with E-state index >= 15 is 0 Å². The fraction of sp³-hybridized carbons (Fsp3) is 0.500. The SMILES string of the molecule is CC1(C)CNc2c(C(F)(F)F)cccc2S(=O)(=O)C1. The molecule has 0 aromatic heterocycles. The maximum Gasteiger partial charge on any atom is 0.418 e. The van der Waals surface area contributed by atoms with E-state index in [0.717, 1.165) is 12.1 Å². The van der Waals surface area contributed by atoms with Crippen molar-refractivity contribution in [3.8, 4) is 0 Å². The minimum absolute atomic E-state index is 0.173. The molecule has 1 aromatic carbocycles. The van der Waals surface area contributed by atoms with Gasteiger partial charge in [0.1, 0.15) is 0 Å². The molecule has 0 saturated carbocycles. The maximum atomic E-state index is 12.9. The molecule has 0 radical (unpaired) electrons. The smallest absolute Gasteiger partial charge is 0.383 e. The normalized spacial score (nSPS) is 21.1. The number of hydrogen-bond donors (Lipinski definition) is 1. The van der Waals surface area contributed by atoms with Gasteiger partial charge >= 0.3 is 6.18 Å². The minimum atomic E-state index is -4.58. The van der Waals surface area contributed by atoms with E-state index in [2.05, 4.69) is 5.32 Å². The first-order chi connectivity index (χ1) is 8.53. The zero-order valence-electron chi connectivity index (χ0n) is 10.5. The Hall–Kier alpha value is -1.24. The fourth-order valence-electron chi connectivity index (χ4n) is 2.18. The third-order valence-corrected chi connectivity index (χ3v) is 5.16. The molecule has 0 unspecified atom stereocenters. The van der Waals surface area contributed by atoms with Crippen molar-refractivity contribution in [1.82, 2.24) is 0 Å². The lowest BCUT2D eigenvalue weighted by molar-refractivity contribution is -0.137. The number of para-hydroxylation sites is 1. The monoisotopic (exact) mass is 293 g/mol. The second kappa shape index (κ2) is 4.13. The molecule has 19 heavy (non-hydrogen) atoms. The molecule has 0 atom stereocenters. The summed E-state index contributed by atoms with van der Waals surface area (Å²) in [6.07, 6.45) is -4.58. The van der Waals surface area contributed by atoms with Crippen molar-refractivity contribution in [2.75, 3.05) is 17.6 Å². The molecule has 1 aromatic rings. The van der Waals surface area contributed by atoms with Crippen molar-refractivity contribution >= 4 is 15.5 Å². The molecular formula is C12H14F3NO2S. The highest BCUT2D eigenvalue weighted by atomic mass is 32.2. The first kappa shape index (κ1) is 14.2. The second-order valence-electron chi connectivity index (χ2n) is 5.45. The predicted molar refractivity (Wildman–Crippen MR) is 65.8 cm³/mol. The molecule has 7 heteroatoms. The number of sulfone groups is 1. The van der Waals surface area contributed by atoms with Crippen LogP contribution in [0.1, 0.15) is 19.4 Å². The molecule has 0 amide bonds. The Morgan fingerprint density at radius 1 is 1.26 bits per heavy atom. The van der Waals surface area contributed by atoms with Gasteiger partial charge in [0.25, 0.3) is 0 Å². The van der Waals surface area contributed by atoms with Crippen LogP contribution in [0.3, 0.4) is 0 Å². The number of alkyl halides is 3. The molecule has 1 N–H and O–H groups in total. The van der Waals surface area contributed by atoms with Crippen molar-refractivity contribution in [1.29, 1.82) is 0 Å². The Morgan fingerprint density at radius 3 is 2.47 bits per heavy atom. The first-order valence-electron chi connectivity index (χ1n) is 5.70. The van der Waals surface area contributed by atoms with Gasteiger partial charge in [0, 0.05) is 6.54 Å². The molecule has 106 valence electrons. The van der Waals surface area contributed by atoms with Crippen LogP contribution in [0.25, 0.3) is 0 Å². The summed E-state index contributed by atoms with van der Waals surface area (Å²) in [5.41, 5.74) is -1.90. The van der Waals surface area contributed by atoms with Gasteiger partial charge in [-0.3, -0.25) is 0 Å². The van der Waals surface area contributed by atoms with Crippen LogP contribution < -0.4 is 5.32 Å². The summed E-state index contributed by atoms with van der Waals surface area (Å²) < 4.78 is 63.1. The summed E-state index contributed by atoms with van der Waals surface area (Å²) in [6.45, 7) is 3.58. The number of halogens is 3. The third kappa shape index (κ3) is 2.70. The lowest BCUT2D eigenvalue weighted by atomic mass is 9.96. The average molecular weight is 293 g/mol. The highest BCUT2D eigenvalue weighted by Gasteiger charge is 2.39. The molecule has 3 nitrogen and oxygen atoms in total.